The molecule has 1 unspecified atom stereocenters. The molecule has 2 aromatic heterocycles. The first-order valence-electron chi connectivity index (χ1n) is 6.50. The Morgan fingerprint density at radius 2 is 2.35 bits per heavy atom. The van der Waals surface area contributed by atoms with Gasteiger partial charge in [0.2, 0.25) is 11.6 Å². The van der Waals surface area contributed by atoms with E-state index < -0.39 is 47.5 Å². The summed E-state index contributed by atoms with van der Waals surface area (Å²) in [5, 5.41) is 18.6. The Balaban J connectivity index is 2.25. The van der Waals surface area contributed by atoms with Crippen molar-refractivity contribution in [1.82, 2.24) is 14.5 Å². The third-order valence-electron chi connectivity index (χ3n) is 3.75. The predicted octanol–water partition coefficient (Wildman–Crippen LogP) is -0.962. The lowest BCUT2D eigenvalue weighted by molar-refractivity contribution is -0.0503. The lowest BCUT2D eigenvalue weighted by atomic mass is 9.97. The first-order chi connectivity index (χ1) is 10.8. The zero-order valence-electron chi connectivity index (χ0n) is 11.5. The van der Waals surface area contributed by atoms with E-state index in [9.17, 15) is 18.7 Å². The average molecular weight is 326 g/mol. The van der Waals surface area contributed by atoms with Gasteiger partial charge in [-0.2, -0.15) is 4.98 Å². The number of hydrogen-bond donors (Lipinski definition) is 4. The maximum Gasteiger partial charge on any atom is 0.264 e. The van der Waals surface area contributed by atoms with Gasteiger partial charge in [-0.3, -0.25) is 14.3 Å². The number of nitrogen functional groups attached to an aromatic ring is 1. The van der Waals surface area contributed by atoms with Crippen LogP contribution in [0.2, 0.25) is 0 Å². The predicted molar refractivity (Wildman–Crippen MR) is 74.4 cm³/mol. The number of nitrogens with two attached hydrogens (primary N) is 1. The molecular formula is C13H12F2N4O4. The SMILES string of the molecule is C#CC1(F)[C@@H](O)[C@@H](CO)O[C@H]1n1cc(F)c2c(=O)[nH]c(N)nc21. The Morgan fingerprint density at radius 3 is 2.96 bits per heavy atom. The molecule has 8 nitrogen and oxygen atoms in total. The van der Waals surface area contributed by atoms with E-state index in [0.29, 0.717) is 0 Å². The van der Waals surface area contributed by atoms with Crippen LogP contribution in [0.5, 0.6) is 0 Å². The van der Waals surface area contributed by atoms with Gasteiger partial charge in [0.25, 0.3) is 5.56 Å². The molecule has 1 aliphatic heterocycles. The van der Waals surface area contributed by atoms with Gasteiger partial charge in [-0.1, -0.05) is 5.92 Å². The monoisotopic (exact) mass is 326 g/mol. The van der Waals surface area contributed by atoms with Crippen molar-refractivity contribution in [2.45, 2.75) is 24.1 Å². The highest BCUT2D eigenvalue weighted by Crippen LogP contribution is 2.42. The minimum absolute atomic E-state index is 0.295. The third-order valence-corrected chi connectivity index (χ3v) is 3.75. The number of nitrogens with one attached hydrogen (secondary N) is 1. The fourth-order valence-corrected chi connectivity index (χ4v) is 2.63. The Morgan fingerprint density at radius 1 is 1.65 bits per heavy atom. The van der Waals surface area contributed by atoms with Crippen molar-refractivity contribution in [3.8, 4) is 12.3 Å². The molecule has 5 N–H and O–H groups in total. The Hall–Kier alpha value is -2.48. The van der Waals surface area contributed by atoms with Gasteiger partial charge in [-0.05, 0) is 0 Å². The van der Waals surface area contributed by atoms with Gasteiger partial charge < -0.3 is 20.7 Å². The van der Waals surface area contributed by atoms with Gasteiger partial charge in [-0.25, -0.2) is 8.78 Å². The van der Waals surface area contributed by atoms with Gasteiger partial charge in [0.1, 0.15) is 17.6 Å². The zero-order valence-corrected chi connectivity index (χ0v) is 11.5. The molecule has 23 heavy (non-hydrogen) atoms. The van der Waals surface area contributed by atoms with Crippen LogP contribution in [0.1, 0.15) is 6.23 Å². The second kappa shape index (κ2) is 5.02. The largest absolute Gasteiger partial charge is 0.394 e. The number of aromatic amines is 1. The van der Waals surface area contributed by atoms with Gasteiger partial charge in [-0.15, -0.1) is 6.42 Å². The molecule has 4 atom stereocenters. The van der Waals surface area contributed by atoms with Crippen molar-refractivity contribution in [3.63, 3.8) is 0 Å². The van der Waals surface area contributed by atoms with Crippen molar-refractivity contribution < 1.29 is 23.7 Å². The molecule has 10 heteroatoms. The molecule has 0 bridgehead atoms. The molecule has 0 aliphatic carbocycles. The summed E-state index contributed by atoms with van der Waals surface area (Å²) in [6.45, 7) is -0.706. The van der Waals surface area contributed by atoms with Crippen LogP contribution in [0.4, 0.5) is 14.7 Å². The van der Waals surface area contributed by atoms with Crippen LogP contribution in [-0.4, -0.2) is 49.2 Å². The molecule has 2 aromatic rings. The number of alkyl halides is 1. The summed E-state index contributed by atoms with van der Waals surface area (Å²) in [4.78, 5) is 17.6. The highest BCUT2D eigenvalue weighted by Gasteiger charge is 2.57. The smallest absolute Gasteiger partial charge is 0.264 e. The molecule has 1 aliphatic rings. The molecule has 0 aromatic carbocycles. The Bertz CT molecular complexity index is 873. The standard InChI is InChI=1S/C13H12F2N4O4/c1-2-13(15)8(21)6(4-20)23-11(13)19-3-5(14)7-9(19)17-12(16)18-10(7)22/h1,3,6,8,11,20-21H,4H2,(H3,16,17,18,22)/t6-,8+,11-,13?/m1/s1. The number of fused-ring (bicyclic) bond motifs is 1. The van der Waals surface area contributed by atoms with Crippen molar-refractivity contribution in [1.29, 1.82) is 0 Å². The number of aliphatic hydroxyl groups excluding tert-OH is 2. The minimum Gasteiger partial charge on any atom is -0.394 e. The molecule has 1 saturated heterocycles. The van der Waals surface area contributed by atoms with Gasteiger partial charge in [0, 0.05) is 6.20 Å². The second-order valence-corrected chi connectivity index (χ2v) is 5.10. The molecule has 0 radical (unpaired) electrons. The topological polar surface area (TPSA) is 126 Å². The molecule has 3 heterocycles. The maximum absolute atomic E-state index is 15.0. The van der Waals surface area contributed by atoms with Crippen LogP contribution in [0.3, 0.4) is 0 Å². The van der Waals surface area contributed by atoms with E-state index in [0.717, 1.165) is 10.8 Å². The van der Waals surface area contributed by atoms with Crippen molar-refractivity contribution >= 4 is 17.0 Å². The number of aliphatic hydroxyl groups is 2. The minimum atomic E-state index is -2.76. The highest BCUT2D eigenvalue weighted by molar-refractivity contribution is 5.77. The van der Waals surface area contributed by atoms with E-state index in [1.54, 1.807) is 5.92 Å². The van der Waals surface area contributed by atoms with Crippen LogP contribution in [0.25, 0.3) is 11.0 Å². The summed E-state index contributed by atoms with van der Waals surface area (Å²) in [6, 6.07) is 0. The lowest BCUT2D eigenvalue weighted by Gasteiger charge is -2.23. The van der Waals surface area contributed by atoms with Gasteiger partial charge >= 0.3 is 0 Å². The average Bonchev–Trinajstić information content (AvgIpc) is 2.95. The van der Waals surface area contributed by atoms with Crippen LogP contribution >= 0.6 is 0 Å². The van der Waals surface area contributed by atoms with E-state index in [2.05, 4.69) is 9.97 Å². The summed E-state index contributed by atoms with van der Waals surface area (Å²) >= 11 is 0. The van der Waals surface area contributed by atoms with Gasteiger partial charge in [0.15, 0.2) is 17.7 Å². The molecule has 3 rings (SSSR count). The van der Waals surface area contributed by atoms with E-state index in [1.807, 2.05) is 0 Å². The lowest BCUT2D eigenvalue weighted by Crippen LogP contribution is -2.42. The second-order valence-electron chi connectivity index (χ2n) is 5.10. The van der Waals surface area contributed by atoms with Crippen LogP contribution in [0.15, 0.2) is 11.0 Å². The molecule has 0 amide bonds. The number of anilines is 1. The van der Waals surface area contributed by atoms with E-state index >= 15 is 0 Å². The number of aromatic nitrogens is 3. The highest BCUT2D eigenvalue weighted by atomic mass is 19.1. The fourth-order valence-electron chi connectivity index (χ4n) is 2.63. The first-order valence-corrected chi connectivity index (χ1v) is 6.50. The third kappa shape index (κ3) is 2.02. The summed E-state index contributed by atoms with van der Waals surface area (Å²) in [5.74, 6) is 0.462. The number of terminal acetylenes is 1. The quantitative estimate of drug-likeness (QED) is 0.527. The number of hydrogen-bond acceptors (Lipinski definition) is 6. The van der Waals surface area contributed by atoms with Gasteiger partial charge in [0.05, 0.1) is 6.61 Å². The number of rotatable bonds is 2. The summed E-state index contributed by atoms with van der Waals surface area (Å²) in [5.41, 5.74) is 1.51. The summed E-state index contributed by atoms with van der Waals surface area (Å²) in [6.07, 6.45) is 1.06. The zero-order chi connectivity index (χ0) is 16.9. The van der Waals surface area contributed by atoms with Crippen molar-refractivity contribution in [3.05, 3.63) is 22.4 Å². The van der Waals surface area contributed by atoms with Crippen LogP contribution < -0.4 is 11.3 Å². The summed E-state index contributed by atoms with van der Waals surface area (Å²) in [7, 11) is 0. The van der Waals surface area contributed by atoms with Crippen molar-refractivity contribution in [2.75, 3.05) is 12.3 Å². The first kappa shape index (κ1) is 15.4. The maximum atomic E-state index is 15.0. The molecular weight excluding hydrogens is 314 g/mol. The number of ether oxygens (including phenoxy) is 1. The number of H-pyrrole nitrogens is 1. The number of nitrogens with zero attached hydrogens (tertiary/aromatic N) is 2. The van der Waals surface area contributed by atoms with E-state index in [4.69, 9.17) is 22.0 Å². The molecule has 0 saturated carbocycles. The number of halogens is 2. The fraction of sp³-hybridized carbons (Fsp3) is 0.385. The Labute approximate surface area is 127 Å². The van der Waals surface area contributed by atoms with Crippen molar-refractivity contribution in [2.24, 2.45) is 0 Å². The summed E-state index contributed by atoms with van der Waals surface area (Å²) < 4.78 is 35.0. The molecule has 0 spiro atoms. The molecule has 122 valence electrons. The van der Waals surface area contributed by atoms with Crippen LogP contribution in [-0.2, 0) is 4.74 Å². The molecule has 1 fully saturated rings. The van der Waals surface area contributed by atoms with Crippen LogP contribution in [0, 0.1) is 18.2 Å². The van der Waals surface area contributed by atoms with E-state index in [1.165, 1.54) is 0 Å². The Kier molecular flexibility index (Phi) is 3.36. The van der Waals surface area contributed by atoms with E-state index in [-0.39, 0.29) is 11.6 Å². The normalized spacial score (nSPS) is 30.7.